The van der Waals surface area contributed by atoms with E-state index in [-0.39, 0.29) is 5.82 Å². The van der Waals surface area contributed by atoms with E-state index in [9.17, 15) is 4.39 Å². The zero-order valence-electron chi connectivity index (χ0n) is 11.2. The smallest absolute Gasteiger partial charge is 0.191 e. The van der Waals surface area contributed by atoms with E-state index in [2.05, 4.69) is 15.6 Å². The number of hydrogen-bond acceptors (Lipinski definition) is 2. The molecule has 0 aliphatic carbocycles. The highest BCUT2D eigenvalue weighted by Crippen LogP contribution is 2.10. The summed E-state index contributed by atoms with van der Waals surface area (Å²) in [5, 5.41) is 6.48. The Bertz CT molecular complexity index is 413. The van der Waals surface area contributed by atoms with E-state index in [0.717, 1.165) is 37.7 Å². The molecule has 104 valence electrons. The Labute approximate surface area is 113 Å². The molecule has 1 saturated heterocycles. The van der Waals surface area contributed by atoms with Crippen LogP contribution < -0.4 is 10.6 Å². The molecule has 0 aromatic heterocycles. The molecule has 0 saturated carbocycles. The van der Waals surface area contributed by atoms with Crippen molar-refractivity contribution in [2.24, 2.45) is 10.9 Å². The van der Waals surface area contributed by atoms with Crippen molar-refractivity contribution in [1.82, 2.24) is 10.6 Å². The molecule has 2 rings (SSSR count). The third kappa shape index (κ3) is 4.52. The summed E-state index contributed by atoms with van der Waals surface area (Å²) in [4.78, 5) is 4.16. The Morgan fingerprint density at radius 2 is 2.16 bits per heavy atom. The van der Waals surface area contributed by atoms with Crippen LogP contribution in [0.3, 0.4) is 0 Å². The molecule has 1 atom stereocenters. The summed E-state index contributed by atoms with van der Waals surface area (Å²) in [5.41, 5.74) is 1.02. The summed E-state index contributed by atoms with van der Waals surface area (Å²) in [7, 11) is 1.74. The quantitative estimate of drug-likeness (QED) is 0.641. The first-order valence-corrected chi connectivity index (χ1v) is 6.54. The Balaban J connectivity index is 1.74. The zero-order chi connectivity index (χ0) is 13.5. The van der Waals surface area contributed by atoms with Gasteiger partial charge in [0.25, 0.3) is 0 Å². The van der Waals surface area contributed by atoms with E-state index in [1.807, 2.05) is 0 Å². The fourth-order valence-corrected chi connectivity index (χ4v) is 1.99. The van der Waals surface area contributed by atoms with Crippen molar-refractivity contribution in [3.63, 3.8) is 0 Å². The van der Waals surface area contributed by atoms with Crippen molar-refractivity contribution in [3.05, 3.63) is 35.6 Å². The maximum Gasteiger partial charge on any atom is 0.191 e. The standard InChI is InChI=1S/C14H20FN3O/c1-16-14(18-9-12-6-7-19-10-12)17-8-11-2-4-13(15)5-3-11/h2-5,12H,6-10H2,1H3,(H2,16,17,18). The topological polar surface area (TPSA) is 45.7 Å². The average molecular weight is 265 g/mol. The summed E-state index contributed by atoms with van der Waals surface area (Å²) in [6.07, 6.45) is 1.10. The molecule has 1 heterocycles. The molecular weight excluding hydrogens is 245 g/mol. The van der Waals surface area contributed by atoms with Crippen LogP contribution in [0.4, 0.5) is 4.39 Å². The van der Waals surface area contributed by atoms with E-state index in [1.165, 1.54) is 12.1 Å². The minimum absolute atomic E-state index is 0.215. The normalized spacial score (nSPS) is 19.5. The van der Waals surface area contributed by atoms with Crippen LogP contribution in [0.2, 0.25) is 0 Å². The van der Waals surface area contributed by atoms with Crippen molar-refractivity contribution in [3.8, 4) is 0 Å². The third-order valence-corrected chi connectivity index (χ3v) is 3.18. The molecule has 0 amide bonds. The van der Waals surface area contributed by atoms with E-state index in [4.69, 9.17) is 4.74 Å². The summed E-state index contributed by atoms with van der Waals surface area (Å²) < 4.78 is 18.1. The highest BCUT2D eigenvalue weighted by molar-refractivity contribution is 5.79. The molecule has 1 aliphatic rings. The fraction of sp³-hybridized carbons (Fsp3) is 0.500. The van der Waals surface area contributed by atoms with Gasteiger partial charge in [-0.05, 0) is 24.1 Å². The van der Waals surface area contributed by atoms with Gasteiger partial charge in [-0.25, -0.2) is 4.39 Å². The first kappa shape index (κ1) is 13.8. The second-order valence-corrected chi connectivity index (χ2v) is 4.66. The largest absolute Gasteiger partial charge is 0.381 e. The number of nitrogens with zero attached hydrogens (tertiary/aromatic N) is 1. The Morgan fingerprint density at radius 1 is 1.37 bits per heavy atom. The van der Waals surface area contributed by atoms with Gasteiger partial charge < -0.3 is 15.4 Å². The number of hydrogen-bond donors (Lipinski definition) is 2. The molecule has 2 N–H and O–H groups in total. The van der Waals surface area contributed by atoms with Crippen LogP contribution in [0.25, 0.3) is 0 Å². The number of halogens is 1. The average Bonchev–Trinajstić information content (AvgIpc) is 2.94. The molecule has 0 bridgehead atoms. The van der Waals surface area contributed by atoms with Crippen LogP contribution in [-0.2, 0) is 11.3 Å². The lowest BCUT2D eigenvalue weighted by Gasteiger charge is -2.14. The minimum Gasteiger partial charge on any atom is -0.381 e. The van der Waals surface area contributed by atoms with Gasteiger partial charge in [-0.3, -0.25) is 4.99 Å². The van der Waals surface area contributed by atoms with Gasteiger partial charge in [0.05, 0.1) is 6.61 Å². The highest BCUT2D eigenvalue weighted by atomic mass is 19.1. The Morgan fingerprint density at radius 3 is 2.79 bits per heavy atom. The maximum atomic E-state index is 12.8. The monoisotopic (exact) mass is 265 g/mol. The number of ether oxygens (including phenoxy) is 1. The van der Waals surface area contributed by atoms with Crippen molar-refractivity contribution in [2.75, 3.05) is 26.8 Å². The number of rotatable bonds is 4. The fourth-order valence-electron chi connectivity index (χ4n) is 1.99. The number of aliphatic imine (C=N–C) groups is 1. The molecule has 1 aromatic carbocycles. The van der Waals surface area contributed by atoms with Crippen molar-refractivity contribution in [1.29, 1.82) is 0 Å². The lowest BCUT2D eigenvalue weighted by atomic mass is 10.1. The van der Waals surface area contributed by atoms with Crippen molar-refractivity contribution in [2.45, 2.75) is 13.0 Å². The molecule has 1 aromatic rings. The number of nitrogens with one attached hydrogen (secondary N) is 2. The van der Waals surface area contributed by atoms with Gasteiger partial charge in [0.2, 0.25) is 0 Å². The molecule has 4 nitrogen and oxygen atoms in total. The molecule has 1 unspecified atom stereocenters. The zero-order valence-corrected chi connectivity index (χ0v) is 11.2. The predicted octanol–water partition coefficient (Wildman–Crippen LogP) is 1.53. The Hall–Kier alpha value is -1.62. The predicted molar refractivity (Wildman–Crippen MR) is 73.5 cm³/mol. The lowest BCUT2D eigenvalue weighted by Crippen LogP contribution is -2.39. The molecular formula is C14H20FN3O. The minimum atomic E-state index is -0.215. The Kier molecular flexibility index (Phi) is 5.15. The number of benzene rings is 1. The van der Waals surface area contributed by atoms with Gasteiger partial charge >= 0.3 is 0 Å². The second-order valence-electron chi connectivity index (χ2n) is 4.66. The first-order valence-electron chi connectivity index (χ1n) is 6.54. The van der Waals surface area contributed by atoms with Crippen LogP contribution >= 0.6 is 0 Å². The van der Waals surface area contributed by atoms with E-state index in [0.29, 0.717) is 12.5 Å². The van der Waals surface area contributed by atoms with E-state index < -0.39 is 0 Å². The van der Waals surface area contributed by atoms with Gasteiger partial charge in [-0.1, -0.05) is 12.1 Å². The summed E-state index contributed by atoms with van der Waals surface area (Å²) >= 11 is 0. The van der Waals surface area contributed by atoms with Gasteiger partial charge in [0.15, 0.2) is 5.96 Å². The van der Waals surface area contributed by atoms with Crippen molar-refractivity contribution < 1.29 is 9.13 Å². The van der Waals surface area contributed by atoms with Crippen LogP contribution in [0.5, 0.6) is 0 Å². The van der Waals surface area contributed by atoms with E-state index in [1.54, 1.807) is 19.2 Å². The van der Waals surface area contributed by atoms with Gasteiger partial charge in [-0.15, -0.1) is 0 Å². The molecule has 0 radical (unpaired) electrons. The summed E-state index contributed by atoms with van der Waals surface area (Å²) in [5.74, 6) is 1.10. The molecule has 0 spiro atoms. The SMILES string of the molecule is CN=C(NCc1ccc(F)cc1)NCC1CCOC1. The van der Waals surface area contributed by atoms with Gasteiger partial charge in [-0.2, -0.15) is 0 Å². The van der Waals surface area contributed by atoms with Gasteiger partial charge in [0.1, 0.15) is 5.82 Å². The van der Waals surface area contributed by atoms with Gasteiger partial charge in [0, 0.05) is 32.7 Å². The first-order chi connectivity index (χ1) is 9.28. The highest BCUT2D eigenvalue weighted by Gasteiger charge is 2.15. The third-order valence-electron chi connectivity index (χ3n) is 3.18. The number of guanidine groups is 1. The summed E-state index contributed by atoms with van der Waals surface area (Å²) in [6.45, 7) is 3.17. The molecule has 19 heavy (non-hydrogen) atoms. The molecule has 5 heteroatoms. The maximum absolute atomic E-state index is 12.8. The lowest BCUT2D eigenvalue weighted by molar-refractivity contribution is 0.186. The molecule has 1 fully saturated rings. The molecule has 1 aliphatic heterocycles. The van der Waals surface area contributed by atoms with E-state index >= 15 is 0 Å². The van der Waals surface area contributed by atoms with Crippen LogP contribution in [0, 0.1) is 11.7 Å². The van der Waals surface area contributed by atoms with Crippen LogP contribution in [0.15, 0.2) is 29.3 Å². The second kappa shape index (κ2) is 7.09. The van der Waals surface area contributed by atoms with Crippen molar-refractivity contribution >= 4 is 5.96 Å². The summed E-state index contributed by atoms with van der Waals surface area (Å²) in [6, 6.07) is 6.45. The van der Waals surface area contributed by atoms with Crippen LogP contribution in [0.1, 0.15) is 12.0 Å². The van der Waals surface area contributed by atoms with Crippen LogP contribution in [-0.4, -0.2) is 32.8 Å².